The number of nitrogens with one attached hydrogen (secondary N) is 2. The second-order valence-corrected chi connectivity index (χ2v) is 7.58. The minimum Gasteiger partial charge on any atom is -0.396 e. The van der Waals surface area contributed by atoms with Gasteiger partial charge in [0, 0.05) is 37.8 Å². The maximum atomic E-state index is 12.2. The lowest BCUT2D eigenvalue weighted by molar-refractivity contribution is 0.116. The third-order valence-corrected chi connectivity index (χ3v) is 5.52. The second-order valence-electron chi connectivity index (χ2n) is 7.58. The molecule has 0 aromatic heterocycles. The highest BCUT2D eigenvalue weighted by molar-refractivity contribution is 5.74. The summed E-state index contributed by atoms with van der Waals surface area (Å²) >= 11 is 0. The van der Waals surface area contributed by atoms with Gasteiger partial charge < -0.3 is 20.6 Å². The monoisotopic (exact) mass is 325 g/mol. The maximum Gasteiger partial charge on any atom is 0.315 e. The third-order valence-electron chi connectivity index (χ3n) is 5.52. The van der Waals surface area contributed by atoms with Crippen LogP contribution in [0.3, 0.4) is 0 Å². The predicted octanol–water partition coefficient (Wildman–Crippen LogP) is 2.49. The Morgan fingerprint density at radius 1 is 1.13 bits per heavy atom. The van der Waals surface area contributed by atoms with Crippen LogP contribution in [0.2, 0.25) is 0 Å². The first-order chi connectivity index (χ1) is 11.1. The van der Waals surface area contributed by atoms with Crippen LogP contribution < -0.4 is 10.6 Å². The first-order valence-corrected chi connectivity index (χ1v) is 9.52. The van der Waals surface area contributed by atoms with Crippen LogP contribution in [-0.4, -0.2) is 53.9 Å². The van der Waals surface area contributed by atoms with E-state index in [-0.39, 0.29) is 24.7 Å². The standard InChI is InChI=1S/C18H35N3O2/c1-14(2)17(10-13-22)20-18(23)19-15-8-11-21(12-9-15)16-6-4-3-5-7-16/h14-17,22H,3-13H2,1-2H3,(H2,19,20,23). The fourth-order valence-electron chi connectivity index (χ4n) is 3.96. The summed E-state index contributed by atoms with van der Waals surface area (Å²) in [5, 5.41) is 15.2. The number of piperidine rings is 1. The minimum absolute atomic E-state index is 0.0438. The quantitative estimate of drug-likeness (QED) is 0.703. The number of hydrogen-bond acceptors (Lipinski definition) is 3. The van der Waals surface area contributed by atoms with Crippen molar-refractivity contribution in [1.29, 1.82) is 0 Å². The van der Waals surface area contributed by atoms with Crippen LogP contribution in [0.25, 0.3) is 0 Å². The molecule has 0 radical (unpaired) electrons. The van der Waals surface area contributed by atoms with Crippen LogP contribution in [0, 0.1) is 5.92 Å². The highest BCUT2D eigenvalue weighted by atomic mass is 16.3. The Balaban J connectivity index is 1.69. The molecule has 0 spiro atoms. The first-order valence-electron chi connectivity index (χ1n) is 9.52. The van der Waals surface area contributed by atoms with Crippen molar-refractivity contribution in [3.8, 4) is 0 Å². The lowest BCUT2D eigenvalue weighted by Gasteiger charge is -2.39. The lowest BCUT2D eigenvalue weighted by Crippen LogP contribution is -2.52. The molecule has 3 N–H and O–H groups in total. The summed E-state index contributed by atoms with van der Waals surface area (Å²) in [6, 6.07) is 1.04. The van der Waals surface area contributed by atoms with Crippen LogP contribution in [0.5, 0.6) is 0 Å². The number of urea groups is 1. The van der Waals surface area contributed by atoms with Gasteiger partial charge in [-0.1, -0.05) is 33.1 Å². The van der Waals surface area contributed by atoms with Crippen molar-refractivity contribution in [3.63, 3.8) is 0 Å². The smallest absolute Gasteiger partial charge is 0.315 e. The molecule has 2 fully saturated rings. The summed E-state index contributed by atoms with van der Waals surface area (Å²) in [6.45, 7) is 6.48. The van der Waals surface area contributed by atoms with E-state index in [1.165, 1.54) is 32.1 Å². The van der Waals surface area contributed by atoms with Gasteiger partial charge in [0.25, 0.3) is 0 Å². The SMILES string of the molecule is CC(C)C(CCO)NC(=O)NC1CCN(C2CCCCC2)CC1. The average molecular weight is 325 g/mol. The van der Waals surface area contributed by atoms with Crippen LogP contribution in [-0.2, 0) is 0 Å². The van der Waals surface area contributed by atoms with Crippen LogP contribution >= 0.6 is 0 Å². The fraction of sp³-hybridized carbons (Fsp3) is 0.944. The molecule has 0 aromatic carbocycles. The largest absolute Gasteiger partial charge is 0.396 e. The van der Waals surface area contributed by atoms with Gasteiger partial charge in [0.15, 0.2) is 0 Å². The summed E-state index contributed by atoms with van der Waals surface area (Å²) in [7, 11) is 0. The molecule has 1 saturated carbocycles. The average Bonchev–Trinajstić information content (AvgIpc) is 2.56. The molecule has 1 aliphatic carbocycles. The topological polar surface area (TPSA) is 64.6 Å². The molecule has 0 aromatic rings. The Labute approximate surface area is 141 Å². The number of carbonyl (C=O) groups excluding carboxylic acids is 1. The van der Waals surface area contributed by atoms with Crippen LogP contribution in [0.15, 0.2) is 0 Å². The molecule has 0 bridgehead atoms. The highest BCUT2D eigenvalue weighted by Crippen LogP contribution is 2.25. The van der Waals surface area contributed by atoms with Crippen molar-refractivity contribution < 1.29 is 9.90 Å². The number of carbonyl (C=O) groups is 1. The molecule has 5 heteroatoms. The van der Waals surface area contributed by atoms with Crippen LogP contribution in [0.4, 0.5) is 4.79 Å². The normalized spacial score (nSPS) is 23.0. The number of aliphatic hydroxyl groups excluding tert-OH is 1. The van der Waals surface area contributed by atoms with E-state index in [2.05, 4.69) is 29.4 Å². The van der Waals surface area contributed by atoms with E-state index in [0.29, 0.717) is 12.3 Å². The summed E-state index contributed by atoms with van der Waals surface area (Å²) in [4.78, 5) is 14.8. The minimum atomic E-state index is -0.0757. The molecule has 1 atom stereocenters. The van der Waals surface area contributed by atoms with Crippen LogP contribution in [0.1, 0.15) is 65.2 Å². The van der Waals surface area contributed by atoms with Gasteiger partial charge in [-0.25, -0.2) is 4.79 Å². The van der Waals surface area contributed by atoms with E-state index < -0.39 is 0 Å². The zero-order valence-electron chi connectivity index (χ0n) is 14.9. The Kier molecular flexibility index (Phi) is 7.63. The van der Waals surface area contributed by atoms with E-state index in [1.54, 1.807) is 0 Å². The highest BCUT2D eigenvalue weighted by Gasteiger charge is 2.27. The molecular weight excluding hydrogens is 290 g/mol. The molecule has 1 unspecified atom stereocenters. The number of aliphatic hydroxyl groups is 1. The first kappa shape index (κ1) is 18.5. The van der Waals surface area contributed by atoms with Crippen molar-refractivity contribution in [3.05, 3.63) is 0 Å². The molecule has 134 valence electrons. The van der Waals surface area contributed by atoms with Gasteiger partial charge in [-0.3, -0.25) is 0 Å². The molecule has 1 aliphatic heterocycles. The van der Waals surface area contributed by atoms with E-state index >= 15 is 0 Å². The van der Waals surface area contributed by atoms with Crippen molar-refractivity contribution in [1.82, 2.24) is 15.5 Å². The second kappa shape index (κ2) is 9.48. The van der Waals surface area contributed by atoms with Gasteiger partial charge in [0.1, 0.15) is 0 Å². The number of rotatable bonds is 6. The van der Waals surface area contributed by atoms with Gasteiger partial charge in [0.05, 0.1) is 0 Å². The summed E-state index contributed by atoms with van der Waals surface area (Å²) < 4.78 is 0. The molecule has 1 saturated heterocycles. The summed E-state index contributed by atoms with van der Waals surface area (Å²) in [6.07, 6.45) is 9.60. The molecular formula is C18H35N3O2. The van der Waals surface area contributed by atoms with Gasteiger partial charge in [-0.05, 0) is 38.0 Å². The molecule has 2 amide bonds. The Morgan fingerprint density at radius 3 is 2.35 bits per heavy atom. The van der Waals surface area contributed by atoms with E-state index in [4.69, 9.17) is 5.11 Å². The van der Waals surface area contributed by atoms with Gasteiger partial charge >= 0.3 is 6.03 Å². The van der Waals surface area contributed by atoms with Crippen molar-refractivity contribution in [2.45, 2.75) is 83.3 Å². The predicted molar refractivity (Wildman–Crippen MR) is 93.5 cm³/mol. The van der Waals surface area contributed by atoms with Crippen molar-refractivity contribution >= 4 is 6.03 Å². The molecule has 1 heterocycles. The van der Waals surface area contributed by atoms with Gasteiger partial charge in [-0.2, -0.15) is 0 Å². The van der Waals surface area contributed by atoms with E-state index in [0.717, 1.165) is 32.0 Å². The summed E-state index contributed by atoms with van der Waals surface area (Å²) in [5.74, 6) is 0.334. The molecule has 2 rings (SSSR count). The number of hydrogen-bond donors (Lipinski definition) is 3. The van der Waals surface area contributed by atoms with Crippen molar-refractivity contribution in [2.24, 2.45) is 5.92 Å². The number of nitrogens with zero attached hydrogens (tertiary/aromatic N) is 1. The molecule has 5 nitrogen and oxygen atoms in total. The maximum absolute atomic E-state index is 12.2. The number of likely N-dealkylation sites (tertiary alicyclic amines) is 1. The van der Waals surface area contributed by atoms with E-state index in [1.807, 2.05) is 0 Å². The zero-order valence-corrected chi connectivity index (χ0v) is 14.9. The zero-order chi connectivity index (χ0) is 16.7. The number of amides is 2. The third kappa shape index (κ3) is 5.96. The Morgan fingerprint density at radius 2 is 1.78 bits per heavy atom. The molecule has 23 heavy (non-hydrogen) atoms. The van der Waals surface area contributed by atoms with E-state index in [9.17, 15) is 4.79 Å². The fourth-order valence-corrected chi connectivity index (χ4v) is 3.96. The summed E-state index contributed by atoms with van der Waals surface area (Å²) in [5.41, 5.74) is 0. The Bertz CT molecular complexity index is 348. The van der Waals surface area contributed by atoms with Gasteiger partial charge in [0.2, 0.25) is 0 Å². The van der Waals surface area contributed by atoms with Gasteiger partial charge in [-0.15, -0.1) is 0 Å². The molecule has 2 aliphatic rings. The lowest BCUT2D eigenvalue weighted by atomic mass is 9.92. The van der Waals surface area contributed by atoms with Crippen molar-refractivity contribution in [2.75, 3.05) is 19.7 Å². The Hall–Kier alpha value is -0.810.